The highest BCUT2D eigenvalue weighted by molar-refractivity contribution is 6.23. The van der Waals surface area contributed by atoms with E-state index < -0.39 is 0 Å². The van der Waals surface area contributed by atoms with Crippen molar-refractivity contribution in [2.45, 2.75) is 26.7 Å². The lowest BCUT2D eigenvalue weighted by Gasteiger charge is -2.22. The Bertz CT molecular complexity index is 725. The molecule has 4 atom stereocenters. The van der Waals surface area contributed by atoms with Gasteiger partial charge in [-0.2, -0.15) is 0 Å². The highest BCUT2D eigenvalue weighted by atomic mass is 16.2. The third-order valence-corrected chi connectivity index (χ3v) is 6.60. The van der Waals surface area contributed by atoms with Crippen LogP contribution in [0.5, 0.6) is 0 Å². The second-order valence-electron chi connectivity index (χ2n) is 7.50. The predicted molar refractivity (Wildman–Crippen MR) is 83.2 cm³/mol. The summed E-state index contributed by atoms with van der Waals surface area (Å²) >= 11 is 0. The van der Waals surface area contributed by atoms with Crippen LogP contribution >= 0.6 is 0 Å². The van der Waals surface area contributed by atoms with Crippen LogP contribution in [0.15, 0.2) is 30.4 Å². The van der Waals surface area contributed by atoms with E-state index >= 15 is 0 Å². The summed E-state index contributed by atoms with van der Waals surface area (Å²) in [5.74, 6) is 0.451. The van der Waals surface area contributed by atoms with E-state index in [1.807, 2.05) is 32.0 Å². The number of carbonyl (C=O) groups excluding carboxylic acids is 2. The summed E-state index contributed by atoms with van der Waals surface area (Å²) in [7, 11) is 0. The zero-order valence-electron chi connectivity index (χ0n) is 12.9. The Morgan fingerprint density at radius 1 is 0.955 bits per heavy atom. The monoisotopic (exact) mass is 293 g/mol. The van der Waals surface area contributed by atoms with Gasteiger partial charge in [0.1, 0.15) is 0 Å². The third-order valence-electron chi connectivity index (χ3n) is 6.60. The van der Waals surface area contributed by atoms with Gasteiger partial charge in [0.05, 0.1) is 17.5 Å². The number of benzene rings is 1. The van der Waals surface area contributed by atoms with Crippen LogP contribution in [0.2, 0.25) is 0 Å². The van der Waals surface area contributed by atoms with Crippen molar-refractivity contribution in [1.82, 2.24) is 0 Å². The topological polar surface area (TPSA) is 37.4 Å². The fourth-order valence-corrected chi connectivity index (χ4v) is 5.20. The second kappa shape index (κ2) is 3.70. The molecule has 0 N–H and O–H groups in total. The lowest BCUT2D eigenvalue weighted by atomic mass is 9.85. The zero-order chi connectivity index (χ0) is 15.2. The van der Waals surface area contributed by atoms with Crippen molar-refractivity contribution in [3.63, 3.8) is 0 Å². The molecular formula is C19H19NO2. The Kier molecular flexibility index (Phi) is 2.13. The number of anilines is 1. The van der Waals surface area contributed by atoms with E-state index in [0.717, 1.165) is 11.3 Å². The number of carbonyl (C=O) groups is 2. The molecule has 112 valence electrons. The van der Waals surface area contributed by atoms with Crippen molar-refractivity contribution in [3.8, 4) is 0 Å². The molecule has 5 rings (SSSR count). The fraction of sp³-hybridized carbons (Fsp3) is 0.474. The molecule has 1 heterocycles. The van der Waals surface area contributed by atoms with Crippen molar-refractivity contribution in [2.24, 2.45) is 29.1 Å². The van der Waals surface area contributed by atoms with Gasteiger partial charge >= 0.3 is 0 Å². The first-order valence-electron chi connectivity index (χ1n) is 8.18. The molecule has 0 unspecified atom stereocenters. The van der Waals surface area contributed by atoms with E-state index in [4.69, 9.17) is 0 Å². The van der Waals surface area contributed by atoms with Crippen molar-refractivity contribution in [1.29, 1.82) is 0 Å². The first kappa shape index (κ1) is 12.6. The third kappa shape index (κ3) is 1.25. The normalized spacial score (nSPS) is 36.5. The minimum Gasteiger partial charge on any atom is -0.274 e. The van der Waals surface area contributed by atoms with Gasteiger partial charge in [-0.1, -0.05) is 18.2 Å². The number of imide groups is 1. The number of allylic oxidation sites excluding steroid dienone is 2. The molecule has 3 aliphatic carbocycles. The highest BCUT2D eigenvalue weighted by Crippen LogP contribution is 2.73. The second-order valence-corrected chi connectivity index (χ2v) is 7.50. The van der Waals surface area contributed by atoms with Gasteiger partial charge in [0.25, 0.3) is 0 Å². The smallest absolute Gasteiger partial charge is 0.238 e. The van der Waals surface area contributed by atoms with Crippen LogP contribution < -0.4 is 4.90 Å². The van der Waals surface area contributed by atoms with Crippen molar-refractivity contribution < 1.29 is 9.59 Å². The number of rotatable bonds is 1. The average Bonchev–Trinajstić information content (AvgIpc) is 3.08. The molecule has 2 saturated carbocycles. The van der Waals surface area contributed by atoms with Crippen LogP contribution in [-0.2, 0) is 9.59 Å². The summed E-state index contributed by atoms with van der Waals surface area (Å²) in [5.41, 5.74) is 3.32. The Hall–Kier alpha value is -1.90. The molecule has 3 nitrogen and oxygen atoms in total. The van der Waals surface area contributed by atoms with Crippen LogP contribution in [0.4, 0.5) is 5.69 Å². The maximum atomic E-state index is 13.0. The SMILES string of the molecule is Cc1ccc(N2C(=O)[C@@H]3[C@H](C2=O)[C@H]2C=C[C@H]3C23CC3)cc1C. The maximum Gasteiger partial charge on any atom is 0.238 e. The van der Waals surface area contributed by atoms with E-state index in [9.17, 15) is 9.59 Å². The summed E-state index contributed by atoms with van der Waals surface area (Å²) in [5, 5.41) is 0. The summed E-state index contributed by atoms with van der Waals surface area (Å²) in [6, 6.07) is 5.87. The molecule has 2 bridgehead atoms. The van der Waals surface area contributed by atoms with Crippen LogP contribution in [0.25, 0.3) is 0 Å². The van der Waals surface area contributed by atoms with Crippen LogP contribution in [0.1, 0.15) is 24.0 Å². The molecule has 22 heavy (non-hydrogen) atoms. The fourth-order valence-electron chi connectivity index (χ4n) is 5.20. The summed E-state index contributed by atoms with van der Waals surface area (Å²) in [6.07, 6.45) is 6.81. The quantitative estimate of drug-likeness (QED) is 0.589. The average molecular weight is 293 g/mol. The van der Waals surface area contributed by atoms with E-state index in [-0.39, 0.29) is 29.1 Å². The van der Waals surface area contributed by atoms with E-state index in [0.29, 0.717) is 11.8 Å². The first-order chi connectivity index (χ1) is 10.5. The van der Waals surface area contributed by atoms with Gasteiger partial charge in [-0.25, -0.2) is 0 Å². The number of aryl methyl sites for hydroxylation is 2. The number of nitrogens with zero attached hydrogens (tertiary/aromatic N) is 1. The lowest BCUT2D eigenvalue weighted by molar-refractivity contribution is -0.123. The minimum atomic E-state index is -0.105. The molecule has 1 saturated heterocycles. The van der Waals surface area contributed by atoms with Gasteiger partial charge in [0.15, 0.2) is 0 Å². The molecule has 3 heteroatoms. The molecule has 1 aromatic carbocycles. The number of fused-ring (bicyclic) bond motifs is 3. The molecular weight excluding hydrogens is 274 g/mol. The van der Waals surface area contributed by atoms with Crippen LogP contribution in [0, 0.1) is 42.9 Å². The molecule has 2 amide bonds. The Labute approximate surface area is 130 Å². The van der Waals surface area contributed by atoms with Crippen LogP contribution in [0.3, 0.4) is 0 Å². The van der Waals surface area contributed by atoms with E-state index in [2.05, 4.69) is 12.2 Å². The molecule has 0 aromatic heterocycles. The summed E-state index contributed by atoms with van der Waals surface area (Å²) in [6.45, 7) is 4.07. The Balaban J connectivity index is 1.57. The van der Waals surface area contributed by atoms with Crippen molar-refractivity contribution >= 4 is 17.5 Å². The summed E-state index contributed by atoms with van der Waals surface area (Å²) < 4.78 is 0. The lowest BCUT2D eigenvalue weighted by Crippen LogP contribution is -2.34. The molecule has 1 spiro atoms. The van der Waals surface area contributed by atoms with Crippen LogP contribution in [-0.4, -0.2) is 11.8 Å². The van der Waals surface area contributed by atoms with Gasteiger partial charge in [-0.05, 0) is 67.2 Å². The highest BCUT2D eigenvalue weighted by Gasteiger charge is 2.73. The van der Waals surface area contributed by atoms with Gasteiger partial charge in [-0.15, -0.1) is 0 Å². The van der Waals surface area contributed by atoms with Crippen molar-refractivity contribution in [3.05, 3.63) is 41.5 Å². The standard InChI is InChI=1S/C19H19NO2/c1-10-3-4-12(9-11(10)2)20-17(21)15-13-5-6-14(16(15)18(20)22)19(13)7-8-19/h3-6,9,13-16H,7-8H2,1-2H3/t13-,14-,15-,16+/m1/s1. The molecule has 1 aromatic rings. The van der Waals surface area contributed by atoms with Gasteiger partial charge in [-0.3, -0.25) is 14.5 Å². The number of hydrogen-bond acceptors (Lipinski definition) is 2. The van der Waals surface area contributed by atoms with Gasteiger partial charge in [0, 0.05) is 0 Å². The van der Waals surface area contributed by atoms with E-state index in [1.54, 1.807) is 0 Å². The molecule has 4 aliphatic rings. The minimum absolute atomic E-state index is 0.0291. The first-order valence-corrected chi connectivity index (χ1v) is 8.18. The number of amides is 2. The molecule has 0 radical (unpaired) electrons. The van der Waals surface area contributed by atoms with E-state index in [1.165, 1.54) is 23.3 Å². The number of hydrogen-bond donors (Lipinski definition) is 0. The maximum absolute atomic E-state index is 13.0. The van der Waals surface area contributed by atoms with Crippen molar-refractivity contribution in [2.75, 3.05) is 4.90 Å². The zero-order valence-corrected chi connectivity index (χ0v) is 12.9. The largest absolute Gasteiger partial charge is 0.274 e. The summed E-state index contributed by atoms with van der Waals surface area (Å²) in [4.78, 5) is 27.4. The predicted octanol–water partition coefficient (Wildman–Crippen LogP) is 3.01. The van der Waals surface area contributed by atoms with Gasteiger partial charge < -0.3 is 0 Å². The molecule has 3 fully saturated rings. The molecule has 1 aliphatic heterocycles. The van der Waals surface area contributed by atoms with Gasteiger partial charge in [0.2, 0.25) is 11.8 Å². The Morgan fingerprint density at radius 3 is 2.05 bits per heavy atom. The Morgan fingerprint density at radius 2 is 1.55 bits per heavy atom.